The molecule has 2 aromatic heterocycles. The van der Waals surface area contributed by atoms with Gasteiger partial charge in [-0.2, -0.15) is 0 Å². The average molecular weight is 416 g/mol. The van der Waals surface area contributed by atoms with E-state index in [-0.39, 0.29) is 11.7 Å². The molecule has 0 bridgehead atoms. The molecule has 0 amide bonds. The van der Waals surface area contributed by atoms with Crippen molar-refractivity contribution in [2.24, 2.45) is 0 Å². The molecule has 2 aromatic rings. The Kier molecular flexibility index (Phi) is 12.4. The van der Waals surface area contributed by atoms with Gasteiger partial charge in [-0.05, 0) is 43.6 Å². The normalized spacial score (nSPS) is 11.5. The Hall–Kier alpha value is -1.68. The highest BCUT2D eigenvalue weighted by Gasteiger charge is 2.14. The SMILES string of the molecule is CCCCCCCCC=CCCCCCCCC(=O)c1ncc(-c2cccs2)o1. The second-order valence-electron chi connectivity index (χ2n) is 7.76. The van der Waals surface area contributed by atoms with Crippen LogP contribution in [0.4, 0.5) is 0 Å². The Morgan fingerprint density at radius 2 is 1.62 bits per heavy atom. The van der Waals surface area contributed by atoms with Crippen LogP contribution in [0.3, 0.4) is 0 Å². The van der Waals surface area contributed by atoms with Gasteiger partial charge in [0.25, 0.3) is 5.89 Å². The average Bonchev–Trinajstić information content (AvgIpc) is 3.42. The molecule has 160 valence electrons. The Balaban J connectivity index is 1.42. The fourth-order valence-corrected chi connectivity index (χ4v) is 4.07. The topological polar surface area (TPSA) is 43.1 Å². The van der Waals surface area contributed by atoms with Crippen molar-refractivity contribution >= 4 is 17.1 Å². The third-order valence-electron chi connectivity index (χ3n) is 5.17. The monoisotopic (exact) mass is 415 g/mol. The fourth-order valence-electron chi connectivity index (χ4n) is 3.40. The summed E-state index contributed by atoms with van der Waals surface area (Å²) >= 11 is 1.59. The molecular weight excluding hydrogens is 378 g/mol. The standard InChI is InChI=1S/C25H37NO2S/c1-2-3-4-5-6-7-8-9-10-11-12-13-14-15-16-18-22(27)25-26-21-23(28-25)24-19-17-20-29-24/h9-10,17,19-21H,2-8,11-16,18H2,1H3. The lowest BCUT2D eigenvalue weighted by Crippen LogP contribution is -1.98. The van der Waals surface area contributed by atoms with Crippen molar-refractivity contribution in [2.45, 2.75) is 96.8 Å². The van der Waals surface area contributed by atoms with Crippen LogP contribution in [0.5, 0.6) is 0 Å². The minimum absolute atomic E-state index is 0.0189. The first-order valence-electron chi connectivity index (χ1n) is 11.5. The number of thiophene rings is 1. The van der Waals surface area contributed by atoms with Crippen molar-refractivity contribution in [3.8, 4) is 10.6 Å². The molecule has 0 aliphatic heterocycles. The van der Waals surface area contributed by atoms with E-state index in [1.165, 1.54) is 70.6 Å². The van der Waals surface area contributed by atoms with E-state index in [1.807, 2.05) is 17.5 Å². The molecule has 0 spiro atoms. The number of rotatable bonds is 17. The molecule has 4 heteroatoms. The Morgan fingerprint density at radius 1 is 0.966 bits per heavy atom. The molecule has 2 rings (SSSR count). The highest BCUT2D eigenvalue weighted by Crippen LogP contribution is 2.25. The van der Waals surface area contributed by atoms with Gasteiger partial charge in [0.1, 0.15) is 0 Å². The van der Waals surface area contributed by atoms with Crippen molar-refractivity contribution in [2.75, 3.05) is 0 Å². The number of allylic oxidation sites excluding steroid dienone is 2. The van der Waals surface area contributed by atoms with Gasteiger partial charge in [0, 0.05) is 6.42 Å². The maximum atomic E-state index is 12.2. The van der Waals surface area contributed by atoms with Gasteiger partial charge in [0.05, 0.1) is 11.1 Å². The molecule has 0 aromatic carbocycles. The minimum atomic E-state index is 0.0189. The Labute approximate surface area is 180 Å². The van der Waals surface area contributed by atoms with E-state index in [9.17, 15) is 4.79 Å². The molecule has 0 atom stereocenters. The number of Topliss-reactive ketones (excluding diaryl/α,β-unsaturated/α-hetero) is 1. The quantitative estimate of drug-likeness (QED) is 0.147. The van der Waals surface area contributed by atoms with Gasteiger partial charge >= 0.3 is 0 Å². The van der Waals surface area contributed by atoms with Crippen LogP contribution >= 0.6 is 11.3 Å². The van der Waals surface area contributed by atoms with Crippen LogP contribution in [0.1, 0.15) is 108 Å². The smallest absolute Gasteiger partial charge is 0.263 e. The molecule has 0 aliphatic rings. The van der Waals surface area contributed by atoms with Crippen LogP contribution in [-0.2, 0) is 0 Å². The molecule has 0 saturated heterocycles. The minimum Gasteiger partial charge on any atom is -0.433 e. The van der Waals surface area contributed by atoms with Gasteiger partial charge in [0.2, 0.25) is 5.78 Å². The molecule has 0 fully saturated rings. The lowest BCUT2D eigenvalue weighted by atomic mass is 10.1. The van der Waals surface area contributed by atoms with Gasteiger partial charge < -0.3 is 4.42 Å². The molecule has 0 aliphatic carbocycles. The zero-order valence-corrected chi connectivity index (χ0v) is 18.9. The number of oxazole rings is 1. The van der Waals surface area contributed by atoms with E-state index in [2.05, 4.69) is 24.1 Å². The molecule has 0 saturated carbocycles. The molecule has 3 nitrogen and oxygen atoms in total. The summed E-state index contributed by atoms with van der Waals surface area (Å²) in [5.41, 5.74) is 0. The van der Waals surface area contributed by atoms with Crippen molar-refractivity contribution < 1.29 is 9.21 Å². The van der Waals surface area contributed by atoms with E-state index in [0.29, 0.717) is 12.2 Å². The lowest BCUT2D eigenvalue weighted by molar-refractivity contribution is 0.0946. The van der Waals surface area contributed by atoms with Crippen LogP contribution in [0.15, 0.2) is 40.3 Å². The summed E-state index contributed by atoms with van der Waals surface area (Å²) in [7, 11) is 0. The summed E-state index contributed by atoms with van der Waals surface area (Å²) in [6.07, 6.45) is 23.3. The second-order valence-corrected chi connectivity index (χ2v) is 8.71. The number of carbonyl (C=O) groups is 1. The van der Waals surface area contributed by atoms with Gasteiger partial charge in [-0.3, -0.25) is 4.79 Å². The van der Waals surface area contributed by atoms with E-state index in [1.54, 1.807) is 17.5 Å². The molecule has 0 radical (unpaired) electrons. The van der Waals surface area contributed by atoms with Gasteiger partial charge in [-0.25, -0.2) is 4.98 Å². The second kappa shape index (κ2) is 15.2. The maximum Gasteiger partial charge on any atom is 0.263 e. The first kappa shape index (κ1) is 23.6. The van der Waals surface area contributed by atoms with Crippen molar-refractivity contribution in [1.82, 2.24) is 4.98 Å². The number of hydrogen-bond donors (Lipinski definition) is 0. The number of nitrogens with zero attached hydrogens (tertiary/aromatic N) is 1. The van der Waals surface area contributed by atoms with E-state index >= 15 is 0 Å². The molecule has 2 heterocycles. The molecular formula is C25H37NO2S. The predicted molar refractivity (Wildman–Crippen MR) is 124 cm³/mol. The van der Waals surface area contributed by atoms with Crippen LogP contribution in [0, 0.1) is 0 Å². The largest absolute Gasteiger partial charge is 0.433 e. The lowest BCUT2D eigenvalue weighted by Gasteiger charge is -2.00. The summed E-state index contributed by atoms with van der Waals surface area (Å²) < 4.78 is 5.61. The summed E-state index contributed by atoms with van der Waals surface area (Å²) in [4.78, 5) is 17.4. The zero-order valence-electron chi connectivity index (χ0n) is 18.0. The third kappa shape index (κ3) is 10.1. The molecule has 0 N–H and O–H groups in total. The van der Waals surface area contributed by atoms with Gasteiger partial charge in [-0.1, -0.05) is 76.5 Å². The number of carbonyl (C=O) groups excluding carboxylic acids is 1. The fraction of sp³-hybridized carbons (Fsp3) is 0.600. The number of unbranched alkanes of at least 4 members (excludes halogenated alkanes) is 11. The zero-order chi connectivity index (χ0) is 20.6. The number of aromatic nitrogens is 1. The highest BCUT2D eigenvalue weighted by atomic mass is 32.1. The van der Waals surface area contributed by atoms with Crippen molar-refractivity contribution in [1.29, 1.82) is 0 Å². The number of ketones is 1. The third-order valence-corrected chi connectivity index (χ3v) is 6.06. The highest BCUT2D eigenvalue weighted by molar-refractivity contribution is 7.13. The summed E-state index contributed by atoms with van der Waals surface area (Å²) in [5, 5.41) is 1.99. The van der Waals surface area contributed by atoms with E-state index < -0.39 is 0 Å². The maximum absolute atomic E-state index is 12.2. The van der Waals surface area contributed by atoms with Gasteiger partial charge in [-0.15, -0.1) is 11.3 Å². The first-order chi connectivity index (χ1) is 14.3. The molecule has 29 heavy (non-hydrogen) atoms. The van der Waals surface area contributed by atoms with Crippen molar-refractivity contribution in [3.63, 3.8) is 0 Å². The van der Waals surface area contributed by atoms with E-state index in [4.69, 9.17) is 4.42 Å². The Bertz CT molecular complexity index is 688. The van der Waals surface area contributed by atoms with Crippen molar-refractivity contribution in [3.05, 3.63) is 41.8 Å². The summed E-state index contributed by atoms with van der Waals surface area (Å²) in [6, 6.07) is 3.94. The summed E-state index contributed by atoms with van der Waals surface area (Å²) in [5.74, 6) is 0.960. The first-order valence-corrected chi connectivity index (χ1v) is 12.4. The van der Waals surface area contributed by atoms with Crippen LogP contribution in [0.2, 0.25) is 0 Å². The van der Waals surface area contributed by atoms with E-state index in [0.717, 1.165) is 17.7 Å². The van der Waals surface area contributed by atoms with Crippen LogP contribution < -0.4 is 0 Å². The molecule has 0 unspecified atom stereocenters. The summed E-state index contributed by atoms with van der Waals surface area (Å²) in [6.45, 7) is 2.27. The van der Waals surface area contributed by atoms with Crippen LogP contribution in [-0.4, -0.2) is 10.8 Å². The predicted octanol–water partition coefficient (Wildman–Crippen LogP) is 8.62. The van der Waals surface area contributed by atoms with Gasteiger partial charge in [0.15, 0.2) is 5.76 Å². The Morgan fingerprint density at radius 3 is 2.28 bits per heavy atom. The van der Waals surface area contributed by atoms with Crippen LogP contribution in [0.25, 0.3) is 10.6 Å². The number of hydrogen-bond acceptors (Lipinski definition) is 4.